The van der Waals surface area contributed by atoms with Gasteiger partial charge >= 0.3 is 17.9 Å². The molecule has 0 spiro atoms. The molecular formula is C18H34N4O7. The van der Waals surface area contributed by atoms with E-state index in [0.717, 1.165) is 6.29 Å². The SMILES string of the molecule is CC.O=CCN1CCN(CC(=O)O)CCN(CC(=O)O)CCN(CC(=O)O)CC1. The molecule has 1 aliphatic heterocycles. The molecule has 1 rings (SSSR count). The molecule has 0 aromatic heterocycles. The summed E-state index contributed by atoms with van der Waals surface area (Å²) < 4.78 is 0. The summed E-state index contributed by atoms with van der Waals surface area (Å²) in [5, 5.41) is 27.2. The second-order valence-corrected chi connectivity index (χ2v) is 6.48. The zero-order valence-corrected chi connectivity index (χ0v) is 17.3. The van der Waals surface area contributed by atoms with Crippen LogP contribution in [0.4, 0.5) is 0 Å². The molecule has 1 heterocycles. The van der Waals surface area contributed by atoms with Crippen molar-refractivity contribution < 1.29 is 34.5 Å². The summed E-state index contributed by atoms with van der Waals surface area (Å²) in [5.41, 5.74) is 0. The summed E-state index contributed by atoms with van der Waals surface area (Å²) >= 11 is 0. The van der Waals surface area contributed by atoms with Crippen LogP contribution in [0, 0.1) is 0 Å². The van der Waals surface area contributed by atoms with E-state index in [9.17, 15) is 19.2 Å². The Labute approximate surface area is 171 Å². The number of hydrogen-bond donors (Lipinski definition) is 3. The van der Waals surface area contributed by atoms with Crippen LogP contribution in [-0.2, 0) is 19.2 Å². The summed E-state index contributed by atoms with van der Waals surface area (Å²) in [6.07, 6.45) is 0.767. The molecule has 0 aromatic carbocycles. The predicted octanol–water partition coefficient (Wildman–Crippen LogP) is -1.31. The van der Waals surface area contributed by atoms with E-state index in [1.165, 1.54) is 0 Å². The highest BCUT2D eigenvalue weighted by molar-refractivity contribution is 5.69. The van der Waals surface area contributed by atoms with Crippen LogP contribution in [-0.4, -0.2) is 138 Å². The van der Waals surface area contributed by atoms with Crippen molar-refractivity contribution in [2.75, 3.05) is 78.5 Å². The molecule has 0 unspecified atom stereocenters. The number of hydrogen-bond acceptors (Lipinski definition) is 8. The minimum absolute atomic E-state index is 0.166. The Morgan fingerprint density at radius 2 is 0.862 bits per heavy atom. The second kappa shape index (κ2) is 15.8. The van der Waals surface area contributed by atoms with Gasteiger partial charge in [-0.05, 0) is 0 Å². The molecule has 3 N–H and O–H groups in total. The number of carboxylic acid groups (broad SMARTS) is 3. The summed E-state index contributed by atoms with van der Waals surface area (Å²) in [6.45, 7) is 6.87. The monoisotopic (exact) mass is 418 g/mol. The first-order valence-corrected chi connectivity index (χ1v) is 9.78. The van der Waals surface area contributed by atoms with E-state index >= 15 is 0 Å². The molecule has 1 saturated heterocycles. The normalized spacial score (nSPS) is 18.6. The molecule has 11 nitrogen and oxygen atoms in total. The molecule has 11 heteroatoms. The van der Waals surface area contributed by atoms with Crippen LogP contribution in [0.2, 0.25) is 0 Å². The van der Waals surface area contributed by atoms with Gasteiger partial charge in [0.25, 0.3) is 0 Å². The van der Waals surface area contributed by atoms with E-state index in [1.807, 2.05) is 18.7 Å². The molecule has 168 valence electrons. The number of rotatable bonds is 8. The van der Waals surface area contributed by atoms with Gasteiger partial charge in [0, 0.05) is 52.4 Å². The standard InChI is InChI=1S/C16H28N4O7.C2H6/c21-10-9-17-1-3-18(11-14(22)23)5-7-20(13-16(26)27)8-6-19(4-2-17)12-15(24)25;1-2/h10H,1-9,11-13H2,(H,22,23)(H,24,25)(H,26,27);1-2H3. The van der Waals surface area contributed by atoms with Crippen molar-refractivity contribution in [1.82, 2.24) is 19.6 Å². The highest BCUT2D eigenvalue weighted by atomic mass is 16.4. The van der Waals surface area contributed by atoms with Gasteiger partial charge in [-0.25, -0.2) is 0 Å². The molecule has 1 aliphatic rings. The van der Waals surface area contributed by atoms with Crippen molar-refractivity contribution in [3.8, 4) is 0 Å². The average molecular weight is 418 g/mol. The van der Waals surface area contributed by atoms with Crippen molar-refractivity contribution in [2.45, 2.75) is 13.8 Å². The summed E-state index contributed by atoms with van der Waals surface area (Å²) in [6, 6.07) is 0. The van der Waals surface area contributed by atoms with E-state index in [0.29, 0.717) is 52.4 Å². The van der Waals surface area contributed by atoms with Crippen LogP contribution in [0.3, 0.4) is 0 Å². The minimum Gasteiger partial charge on any atom is -0.480 e. The number of nitrogens with zero attached hydrogens (tertiary/aromatic N) is 4. The van der Waals surface area contributed by atoms with Crippen LogP contribution in [0.1, 0.15) is 13.8 Å². The summed E-state index contributed by atoms with van der Waals surface area (Å²) in [4.78, 5) is 51.1. The molecule has 0 atom stereocenters. The van der Waals surface area contributed by atoms with E-state index in [2.05, 4.69) is 0 Å². The number of carbonyl (C=O) groups excluding carboxylic acids is 1. The minimum atomic E-state index is -0.992. The molecule has 0 radical (unpaired) electrons. The molecular weight excluding hydrogens is 384 g/mol. The van der Waals surface area contributed by atoms with Gasteiger partial charge < -0.3 is 20.1 Å². The number of carboxylic acids is 3. The molecule has 0 amide bonds. The second-order valence-electron chi connectivity index (χ2n) is 6.48. The third kappa shape index (κ3) is 13.7. The first kappa shape index (κ1) is 26.9. The van der Waals surface area contributed by atoms with Crippen LogP contribution in [0.15, 0.2) is 0 Å². The summed E-state index contributed by atoms with van der Waals surface area (Å²) in [5.74, 6) is -2.93. The van der Waals surface area contributed by atoms with Gasteiger partial charge in [-0.2, -0.15) is 0 Å². The van der Waals surface area contributed by atoms with E-state index < -0.39 is 17.9 Å². The van der Waals surface area contributed by atoms with Crippen molar-refractivity contribution in [1.29, 1.82) is 0 Å². The first-order chi connectivity index (χ1) is 13.8. The zero-order chi connectivity index (χ0) is 22.2. The molecule has 0 saturated carbocycles. The fraction of sp³-hybridized carbons (Fsp3) is 0.778. The van der Waals surface area contributed by atoms with Gasteiger partial charge in [-0.15, -0.1) is 0 Å². The topological polar surface area (TPSA) is 142 Å². The maximum atomic E-state index is 11.1. The van der Waals surface area contributed by atoms with Crippen molar-refractivity contribution in [3.63, 3.8) is 0 Å². The van der Waals surface area contributed by atoms with E-state index in [-0.39, 0.29) is 26.2 Å². The molecule has 0 aliphatic carbocycles. The lowest BCUT2D eigenvalue weighted by atomic mass is 10.3. The first-order valence-electron chi connectivity index (χ1n) is 9.78. The Hall–Kier alpha value is -2.08. The Balaban J connectivity index is 0.00000379. The zero-order valence-electron chi connectivity index (χ0n) is 17.3. The maximum Gasteiger partial charge on any atom is 0.317 e. The lowest BCUT2D eigenvalue weighted by molar-refractivity contribution is -0.140. The maximum absolute atomic E-state index is 11.1. The largest absolute Gasteiger partial charge is 0.480 e. The third-order valence-electron chi connectivity index (χ3n) is 4.34. The van der Waals surface area contributed by atoms with Gasteiger partial charge in [-0.3, -0.25) is 34.0 Å². The van der Waals surface area contributed by atoms with Crippen molar-refractivity contribution in [3.05, 3.63) is 0 Å². The predicted molar refractivity (Wildman–Crippen MR) is 106 cm³/mol. The highest BCUT2D eigenvalue weighted by Crippen LogP contribution is 2.01. The Morgan fingerprint density at radius 1 is 0.621 bits per heavy atom. The van der Waals surface area contributed by atoms with Crippen molar-refractivity contribution in [2.24, 2.45) is 0 Å². The van der Waals surface area contributed by atoms with Gasteiger partial charge in [0.15, 0.2) is 0 Å². The highest BCUT2D eigenvalue weighted by Gasteiger charge is 2.19. The van der Waals surface area contributed by atoms with Crippen LogP contribution < -0.4 is 0 Å². The quantitative estimate of drug-likeness (QED) is 0.404. The van der Waals surface area contributed by atoms with Crippen molar-refractivity contribution >= 4 is 24.2 Å². The number of carbonyl (C=O) groups is 4. The number of aliphatic carboxylic acids is 3. The Bertz CT molecular complexity index is 486. The fourth-order valence-electron chi connectivity index (χ4n) is 2.91. The van der Waals surface area contributed by atoms with Crippen LogP contribution in [0.25, 0.3) is 0 Å². The Morgan fingerprint density at radius 3 is 1.07 bits per heavy atom. The van der Waals surface area contributed by atoms with Crippen LogP contribution in [0.5, 0.6) is 0 Å². The Kier molecular flexibility index (Phi) is 14.7. The van der Waals surface area contributed by atoms with Gasteiger partial charge in [0.05, 0.1) is 26.2 Å². The number of aldehydes is 1. The average Bonchev–Trinajstić information content (AvgIpc) is 2.64. The van der Waals surface area contributed by atoms with Gasteiger partial charge in [0.2, 0.25) is 0 Å². The molecule has 1 fully saturated rings. The van der Waals surface area contributed by atoms with Gasteiger partial charge in [-0.1, -0.05) is 13.8 Å². The lowest BCUT2D eigenvalue weighted by Gasteiger charge is -2.32. The smallest absolute Gasteiger partial charge is 0.317 e. The fourth-order valence-corrected chi connectivity index (χ4v) is 2.91. The lowest BCUT2D eigenvalue weighted by Crippen LogP contribution is -2.48. The third-order valence-corrected chi connectivity index (χ3v) is 4.34. The van der Waals surface area contributed by atoms with E-state index in [4.69, 9.17) is 15.3 Å². The molecule has 0 bridgehead atoms. The van der Waals surface area contributed by atoms with E-state index in [1.54, 1.807) is 14.7 Å². The van der Waals surface area contributed by atoms with Gasteiger partial charge in [0.1, 0.15) is 6.29 Å². The summed E-state index contributed by atoms with van der Waals surface area (Å²) in [7, 11) is 0. The molecule has 0 aromatic rings. The molecule has 29 heavy (non-hydrogen) atoms. The van der Waals surface area contributed by atoms with Crippen LogP contribution >= 0.6 is 0 Å².